The van der Waals surface area contributed by atoms with Crippen molar-refractivity contribution in [3.63, 3.8) is 0 Å². The minimum absolute atomic E-state index is 0.222. The van der Waals surface area contributed by atoms with Gasteiger partial charge < -0.3 is 9.90 Å². The summed E-state index contributed by atoms with van der Waals surface area (Å²) in [5.41, 5.74) is -2.18. The zero-order valence-electron chi connectivity index (χ0n) is 9.71. The Labute approximate surface area is 91.1 Å². The summed E-state index contributed by atoms with van der Waals surface area (Å²) in [6, 6.07) is 2.17. The quantitative estimate of drug-likeness (QED) is 0.708. The highest BCUT2D eigenvalue weighted by Crippen LogP contribution is 2.49. The summed E-state index contributed by atoms with van der Waals surface area (Å²) < 4.78 is 0. The zero-order chi connectivity index (χ0) is 11.7. The maximum atomic E-state index is 10.9. The van der Waals surface area contributed by atoms with Crippen molar-refractivity contribution in [3.05, 3.63) is 0 Å². The predicted molar refractivity (Wildman–Crippen MR) is 57.0 cm³/mol. The molecule has 1 atom stereocenters. The molecule has 1 rings (SSSR count). The molecule has 1 unspecified atom stereocenters. The average molecular weight is 209 g/mol. The molecule has 84 valence electrons. The third-order valence-corrected chi connectivity index (χ3v) is 3.87. The topological polar surface area (TPSA) is 61.1 Å². The number of rotatable bonds is 2. The summed E-state index contributed by atoms with van der Waals surface area (Å²) in [5.74, 6) is 0. The van der Waals surface area contributed by atoms with Crippen molar-refractivity contribution < 1.29 is 9.90 Å². The number of aliphatic hydroxyl groups is 1. The third kappa shape index (κ3) is 2.05. The number of hydrogen-bond acceptors (Lipinski definition) is 3. The highest BCUT2D eigenvalue weighted by molar-refractivity contribution is 5.64. The van der Waals surface area contributed by atoms with E-state index in [1.54, 1.807) is 0 Å². The van der Waals surface area contributed by atoms with Crippen LogP contribution in [0.5, 0.6) is 0 Å². The van der Waals surface area contributed by atoms with Gasteiger partial charge in [0.25, 0.3) is 0 Å². The van der Waals surface area contributed by atoms with Crippen molar-refractivity contribution in [1.82, 2.24) is 0 Å². The van der Waals surface area contributed by atoms with Crippen LogP contribution in [0.3, 0.4) is 0 Å². The Kier molecular flexibility index (Phi) is 2.93. The fraction of sp³-hybridized carbons (Fsp3) is 0.833. The summed E-state index contributed by atoms with van der Waals surface area (Å²) in [5, 5.41) is 19.2. The van der Waals surface area contributed by atoms with Crippen LogP contribution in [0.2, 0.25) is 0 Å². The van der Waals surface area contributed by atoms with Gasteiger partial charge in [0.05, 0.1) is 11.5 Å². The molecular formula is C12H19NO2. The number of nitriles is 1. The van der Waals surface area contributed by atoms with Gasteiger partial charge in [-0.25, -0.2) is 0 Å². The lowest BCUT2D eigenvalue weighted by Crippen LogP contribution is -2.49. The first kappa shape index (κ1) is 12.2. The van der Waals surface area contributed by atoms with Crippen molar-refractivity contribution in [3.8, 4) is 6.07 Å². The monoisotopic (exact) mass is 209 g/mol. The Balaban J connectivity index is 2.92. The van der Waals surface area contributed by atoms with Gasteiger partial charge in [-0.05, 0) is 38.0 Å². The molecule has 0 amide bonds. The molecule has 1 saturated carbocycles. The summed E-state index contributed by atoms with van der Waals surface area (Å²) in [7, 11) is 0. The van der Waals surface area contributed by atoms with Crippen LogP contribution in [-0.4, -0.2) is 17.0 Å². The maximum absolute atomic E-state index is 10.9. The van der Waals surface area contributed by atoms with Gasteiger partial charge in [-0.1, -0.05) is 13.8 Å². The van der Waals surface area contributed by atoms with Crippen LogP contribution in [-0.2, 0) is 4.79 Å². The van der Waals surface area contributed by atoms with Gasteiger partial charge in [-0.15, -0.1) is 0 Å². The van der Waals surface area contributed by atoms with E-state index in [1.807, 2.05) is 0 Å². The Hall–Kier alpha value is -0.880. The number of aldehydes is 1. The average Bonchev–Trinajstić information content (AvgIpc) is 2.18. The van der Waals surface area contributed by atoms with Crippen molar-refractivity contribution in [2.24, 2.45) is 10.8 Å². The van der Waals surface area contributed by atoms with E-state index >= 15 is 0 Å². The van der Waals surface area contributed by atoms with E-state index in [9.17, 15) is 15.2 Å². The van der Waals surface area contributed by atoms with E-state index in [4.69, 9.17) is 0 Å². The first-order chi connectivity index (χ1) is 6.79. The van der Waals surface area contributed by atoms with Crippen LogP contribution in [0.4, 0.5) is 0 Å². The first-order valence-electron chi connectivity index (χ1n) is 5.39. The van der Waals surface area contributed by atoms with Crippen LogP contribution < -0.4 is 0 Å². The molecule has 3 heteroatoms. The molecule has 1 N–H and O–H groups in total. The summed E-state index contributed by atoms with van der Waals surface area (Å²) >= 11 is 0. The maximum Gasteiger partial charge on any atom is 0.152 e. The van der Waals surface area contributed by atoms with Gasteiger partial charge in [0.15, 0.2) is 6.29 Å². The molecule has 1 aliphatic carbocycles. The Morgan fingerprint density at radius 1 is 1.33 bits per heavy atom. The van der Waals surface area contributed by atoms with Crippen molar-refractivity contribution in [1.29, 1.82) is 5.26 Å². The molecule has 0 spiro atoms. The number of carbonyl (C=O) groups excluding carboxylic acids is 1. The van der Waals surface area contributed by atoms with Crippen LogP contribution in [0.25, 0.3) is 0 Å². The highest BCUT2D eigenvalue weighted by Gasteiger charge is 2.50. The van der Waals surface area contributed by atoms with E-state index in [2.05, 4.69) is 19.9 Å². The normalized spacial score (nSPS) is 27.4. The Morgan fingerprint density at radius 2 is 1.80 bits per heavy atom. The molecule has 0 saturated heterocycles. The highest BCUT2D eigenvalue weighted by atomic mass is 16.3. The second kappa shape index (κ2) is 3.61. The van der Waals surface area contributed by atoms with Gasteiger partial charge >= 0.3 is 0 Å². The standard InChI is InChI=1S/C12H19NO2/c1-10(2)4-6-12(8-13,7-5-10)11(3,15)9-14/h9,15H,4-7H2,1-3H3. The molecule has 3 nitrogen and oxygen atoms in total. The predicted octanol–water partition coefficient (Wildman–Crippen LogP) is 2.05. The van der Waals surface area contributed by atoms with E-state index in [0.717, 1.165) is 12.8 Å². The SMILES string of the molecule is CC1(C)CCC(C#N)(C(C)(O)C=O)CC1. The summed E-state index contributed by atoms with van der Waals surface area (Å²) in [6.07, 6.45) is 3.47. The van der Waals surface area contributed by atoms with Gasteiger partial charge in [0.1, 0.15) is 5.60 Å². The molecule has 0 aliphatic heterocycles. The summed E-state index contributed by atoms with van der Waals surface area (Å²) in [4.78, 5) is 10.9. The fourth-order valence-electron chi connectivity index (χ4n) is 2.20. The van der Waals surface area contributed by atoms with Gasteiger partial charge in [0.2, 0.25) is 0 Å². The Morgan fingerprint density at radius 3 is 2.13 bits per heavy atom. The van der Waals surface area contributed by atoms with E-state index in [1.165, 1.54) is 6.92 Å². The van der Waals surface area contributed by atoms with Crippen LogP contribution >= 0.6 is 0 Å². The Bertz CT molecular complexity index is 289. The minimum atomic E-state index is -1.52. The summed E-state index contributed by atoms with van der Waals surface area (Å²) in [6.45, 7) is 5.76. The molecule has 0 aromatic rings. The minimum Gasteiger partial charge on any atom is -0.381 e. The van der Waals surface area contributed by atoms with Crippen LogP contribution in [0.1, 0.15) is 46.5 Å². The third-order valence-electron chi connectivity index (χ3n) is 3.87. The molecule has 0 radical (unpaired) electrons. The second-order valence-corrected chi connectivity index (χ2v) is 5.62. The molecule has 0 heterocycles. The molecule has 0 bridgehead atoms. The van der Waals surface area contributed by atoms with Gasteiger partial charge in [-0.2, -0.15) is 5.26 Å². The largest absolute Gasteiger partial charge is 0.381 e. The number of carbonyl (C=O) groups is 1. The number of nitrogens with zero attached hydrogens (tertiary/aromatic N) is 1. The molecule has 0 aromatic carbocycles. The smallest absolute Gasteiger partial charge is 0.152 e. The van der Waals surface area contributed by atoms with Crippen molar-refractivity contribution in [2.45, 2.75) is 52.1 Å². The van der Waals surface area contributed by atoms with Crippen molar-refractivity contribution in [2.75, 3.05) is 0 Å². The van der Waals surface area contributed by atoms with E-state index < -0.39 is 11.0 Å². The lowest BCUT2D eigenvalue weighted by molar-refractivity contribution is -0.136. The molecule has 1 fully saturated rings. The van der Waals surface area contributed by atoms with E-state index in [0.29, 0.717) is 19.1 Å². The van der Waals surface area contributed by atoms with Gasteiger partial charge in [0, 0.05) is 0 Å². The fourth-order valence-corrected chi connectivity index (χ4v) is 2.20. The van der Waals surface area contributed by atoms with E-state index in [-0.39, 0.29) is 5.41 Å². The molecule has 15 heavy (non-hydrogen) atoms. The lowest BCUT2D eigenvalue weighted by atomic mass is 9.60. The zero-order valence-corrected chi connectivity index (χ0v) is 9.71. The molecular weight excluding hydrogens is 190 g/mol. The number of hydrogen-bond donors (Lipinski definition) is 1. The van der Waals surface area contributed by atoms with Crippen LogP contribution in [0, 0.1) is 22.2 Å². The second-order valence-electron chi connectivity index (χ2n) is 5.62. The molecule has 1 aliphatic rings. The van der Waals surface area contributed by atoms with Gasteiger partial charge in [-0.3, -0.25) is 0 Å². The van der Waals surface area contributed by atoms with Crippen LogP contribution in [0.15, 0.2) is 0 Å². The molecule has 0 aromatic heterocycles. The first-order valence-corrected chi connectivity index (χ1v) is 5.39. The van der Waals surface area contributed by atoms with Crippen molar-refractivity contribution >= 4 is 6.29 Å². The lowest BCUT2D eigenvalue weighted by Gasteiger charge is -2.44.